The predicted molar refractivity (Wildman–Crippen MR) is 111 cm³/mol. The second-order valence-electron chi connectivity index (χ2n) is 7.21. The lowest BCUT2D eigenvalue weighted by atomic mass is 10.0. The highest BCUT2D eigenvalue weighted by Gasteiger charge is 2.42. The van der Waals surface area contributed by atoms with E-state index in [1.165, 1.54) is 12.1 Å². The molecule has 0 unspecified atom stereocenters. The maximum absolute atomic E-state index is 13.5. The number of rotatable bonds is 8. The van der Waals surface area contributed by atoms with Crippen LogP contribution in [0.5, 0.6) is 0 Å². The van der Waals surface area contributed by atoms with E-state index in [1.807, 2.05) is 30.3 Å². The molecule has 154 valence electrons. The third-order valence-electron chi connectivity index (χ3n) is 5.02. The van der Waals surface area contributed by atoms with E-state index in [-0.39, 0.29) is 23.6 Å². The van der Waals surface area contributed by atoms with Gasteiger partial charge in [-0.05, 0) is 54.1 Å². The van der Waals surface area contributed by atoms with E-state index in [2.05, 4.69) is 14.9 Å². The largest absolute Gasteiger partial charge is 0.354 e. The lowest BCUT2D eigenvalue weighted by Gasteiger charge is -2.31. The maximum Gasteiger partial charge on any atom is 0.276 e. The molecule has 0 bridgehead atoms. The molecule has 1 atom stereocenters. The molecule has 2 amide bonds. The molecule has 0 aliphatic heterocycles. The molecule has 8 heteroatoms. The van der Waals surface area contributed by atoms with Gasteiger partial charge < -0.3 is 10.2 Å². The minimum atomic E-state index is -0.858. The molecule has 1 aliphatic carbocycles. The van der Waals surface area contributed by atoms with Gasteiger partial charge in [0.2, 0.25) is 5.91 Å². The first-order chi connectivity index (χ1) is 14.6. The number of carbonyl (C=O) groups excluding carboxylic acids is 2. The first-order valence-corrected chi connectivity index (χ1v) is 10.6. The average Bonchev–Trinajstić information content (AvgIpc) is 3.44. The summed E-state index contributed by atoms with van der Waals surface area (Å²) >= 11 is 1.09. The molecule has 3 aromatic rings. The van der Waals surface area contributed by atoms with Crippen LogP contribution in [0, 0.1) is 5.82 Å². The van der Waals surface area contributed by atoms with Crippen LogP contribution < -0.4 is 5.32 Å². The highest BCUT2D eigenvalue weighted by Crippen LogP contribution is 2.36. The molecule has 1 aromatic heterocycles. The number of amides is 2. The fourth-order valence-corrected chi connectivity index (χ4v) is 3.82. The van der Waals surface area contributed by atoms with Gasteiger partial charge in [-0.15, -0.1) is 5.10 Å². The summed E-state index contributed by atoms with van der Waals surface area (Å²) in [5.41, 5.74) is 1.90. The summed E-state index contributed by atoms with van der Waals surface area (Å²) in [5.74, 6) is -1.02. The van der Waals surface area contributed by atoms with Crippen molar-refractivity contribution in [3.8, 4) is 0 Å². The smallest absolute Gasteiger partial charge is 0.276 e. The number of benzene rings is 2. The summed E-state index contributed by atoms with van der Waals surface area (Å²) in [6, 6.07) is 14.7. The van der Waals surface area contributed by atoms with Crippen LogP contribution in [0.15, 0.2) is 60.0 Å². The first kappa shape index (κ1) is 20.2. The van der Waals surface area contributed by atoms with Crippen LogP contribution in [-0.4, -0.2) is 38.9 Å². The summed E-state index contributed by atoms with van der Waals surface area (Å²) in [5, 5.41) is 8.41. The number of hydrogen-bond donors (Lipinski definition) is 1. The van der Waals surface area contributed by atoms with Crippen LogP contribution in [-0.2, 0) is 11.2 Å². The molecule has 0 radical (unpaired) electrons. The van der Waals surface area contributed by atoms with Crippen molar-refractivity contribution >= 4 is 23.3 Å². The molecular formula is C22H21FN4O2S. The summed E-state index contributed by atoms with van der Waals surface area (Å²) in [7, 11) is 0. The molecule has 30 heavy (non-hydrogen) atoms. The van der Waals surface area contributed by atoms with Gasteiger partial charge in [0.05, 0.1) is 0 Å². The quantitative estimate of drug-likeness (QED) is 0.602. The van der Waals surface area contributed by atoms with E-state index < -0.39 is 11.9 Å². The Morgan fingerprint density at radius 3 is 2.50 bits per heavy atom. The van der Waals surface area contributed by atoms with Gasteiger partial charge in [0, 0.05) is 18.0 Å². The number of carbonyl (C=O) groups is 2. The van der Waals surface area contributed by atoms with E-state index in [4.69, 9.17) is 0 Å². The van der Waals surface area contributed by atoms with Gasteiger partial charge in [-0.25, -0.2) is 4.39 Å². The molecule has 0 spiro atoms. The van der Waals surface area contributed by atoms with E-state index in [0.29, 0.717) is 18.5 Å². The number of hydrogen-bond acceptors (Lipinski definition) is 5. The lowest BCUT2D eigenvalue weighted by Crippen LogP contribution is -2.45. The van der Waals surface area contributed by atoms with Gasteiger partial charge in [-0.3, -0.25) is 9.59 Å². The zero-order valence-corrected chi connectivity index (χ0v) is 17.0. The Kier molecular flexibility index (Phi) is 6.13. The molecule has 2 aromatic carbocycles. The van der Waals surface area contributed by atoms with Crippen LogP contribution in [0.1, 0.15) is 40.5 Å². The fraction of sp³-hybridized carbons (Fsp3) is 0.273. The normalized spacial score (nSPS) is 14.2. The second-order valence-corrected chi connectivity index (χ2v) is 7.82. The van der Waals surface area contributed by atoms with Crippen molar-refractivity contribution in [1.82, 2.24) is 19.8 Å². The van der Waals surface area contributed by atoms with Crippen LogP contribution in [0.2, 0.25) is 0 Å². The Labute approximate surface area is 177 Å². The van der Waals surface area contributed by atoms with Crippen LogP contribution in [0.4, 0.5) is 4.39 Å². The molecule has 1 saturated carbocycles. The number of aromatic nitrogens is 2. The first-order valence-electron chi connectivity index (χ1n) is 9.80. The minimum absolute atomic E-state index is 0.0471. The van der Waals surface area contributed by atoms with E-state index >= 15 is 0 Å². The van der Waals surface area contributed by atoms with Gasteiger partial charge >= 0.3 is 0 Å². The SMILES string of the molecule is O=C(NCCc1ccccc1)[C@H](c1ccc(F)cc1)N(C(=O)c1csnn1)C1CC1. The molecular weight excluding hydrogens is 403 g/mol. The van der Waals surface area contributed by atoms with Crippen molar-refractivity contribution in [1.29, 1.82) is 0 Å². The van der Waals surface area contributed by atoms with Gasteiger partial charge in [0.1, 0.15) is 11.9 Å². The Hall–Kier alpha value is -3.13. The molecule has 1 aliphatic rings. The fourth-order valence-electron chi connectivity index (χ4n) is 3.39. The highest BCUT2D eigenvalue weighted by atomic mass is 32.1. The van der Waals surface area contributed by atoms with Gasteiger partial charge in [-0.2, -0.15) is 0 Å². The summed E-state index contributed by atoms with van der Waals surface area (Å²) in [6.07, 6.45) is 2.31. The standard InChI is InChI=1S/C22H21FN4O2S/c23-17-8-6-16(7-9-17)20(21(28)24-13-12-15-4-2-1-3-5-15)27(18-10-11-18)22(29)19-14-30-26-25-19/h1-9,14,18,20H,10-13H2,(H,24,28)/t20-/m0/s1. The lowest BCUT2D eigenvalue weighted by molar-refractivity contribution is -0.126. The zero-order chi connectivity index (χ0) is 20.9. The summed E-state index contributed by atoms with van der Waals surface area (Å²) < 4.78 is 17.3. The molecule has 1 fully saturated rings. The van der Waals surface area contributed by atoms with Crippen LogP contribution in [0.3, 0.4) is 0 Å². The monoisotopic (exact) mass is 424 g/mol. The number of nitrogens with zero attached hydrogens (tertiary/aromatic N) is 3. The van der Waals surface area contributed by atoms with Crippen molar-refractivity contribution in [2.75, 3.05) is 6.54 Å². The second kappa shape index (κ2) is 9.13. The van der Waals surface area contributed by atoms with Crippen molar-refractivity contribution in [3.05, 3.63) is 82.6 Å². The van der Waals surface area contributed by atoms with Gasteiger partial charge in [-0.1, -0.05) is 47.0 Å². The van der Waals surface area contributed by atoms with Crippen LogP contribution in [0.25, 0.3) is 0 Å². The maximum atomic E-state index is 13.5. The van der Waals surface area contributed by atoms with Crippen molar-refractivity contribution in [2.24, 2.45) is 0 Å². The summed E-state index contributed by atoms with van der Waals surface area (Å²) in [4.78, 5) is 28.0. The molecule has 1 N–H and O–H groups in total. The molecule has 0 saturated heterocycles. The zero-order valence-electron chi connectivity index (χ0n) is 16.2. The van der Waals surface area contributed by atoms with Gasteiger partial charge in [0.25, 0.3) is 5.91 Å². The predicted octanol–water partition coefficient (Wildman–Crippen LogP) is 3.38. The number of nitrogens with one attached hydrogen (secondary N) is 1. The highest BCUT2D eigenvalue weighted by molar-refractivity contribution is 7.03. The Morgan fingerprint density at radius 1 is 1.13 bits per heavy atom. The van der Waals surface area contributed by atoms with Gasteiger partial charge in [0.15, 0.2) is 5.69 Å². The van der Waals surface area contributed by atoms with E-state index in [0.717, 1.165) is 29.9 Å². The Morgan fingerprint density at radius 2 is 1.87 bits per heavy atom. The van der Waals surface area contributed by atoms with Crippen LogP contribution >= 0.6 is 11.5 Å². The Balaban J connectivity index is 1.57. The topological polar surface area (TPSA) is 75.2 Å². The van der Waals surface area contributed by atoms with Crippen molar-refractivity contribution < 1.29 is 14.0 Å². The average molecular weight is 425 g/mol. The molecule has 1 heterocycles. The Bertz CT molecular complexity index is 992. The minimum Gasteiger partial charge on any atom is -0.354 e. The van der Waals surface area contributed by atoms with Crippen molar-refractivity contribution in [3.63, 3.8) is 0 Å². The van der Waals surface area contributed by atoms with Crippen molar-refractivity contribution in [2.45, 2.75) is 31.3 Å². The molecule has 6 nitrogen and oxygen atoms in total. The summed E-state index contributed by atoms with van der Waals surface area (Å²) in [6.45, 7) is 0.436. The third kappa shape index (κ3) is 4.71. The molecule has 4 rings (SSSR count). The van der Waals surface area contributed by atoms with E-state index in [1.54, 1.807) is 22.4 Å². The third-order valence-corrected chi connectivity index (χ3v) is 5.53. The number of halogens is 1. The van der Waals surface area contributed by atoms with E-state index in [9.17, 15) is 14.0 Å².